The molecule has 0 saturated heterocycles. The molecule has 1 N–H and O–H groups in total. The number of carbonyl (C=O) groups is 1. The molecule has 3 nitrogen and oxygen atoms in total. The minimum Gasteiger partial charge on any atom is -0.565 e. The molecule has 0 aliphatic rings. The van der Waals surface area contributed by atoms with Crippen LogP contribution in [0.1, 0.15) is 13.8 Å². The highest BCUT2D eigenvalue weighted by Gasteiger charge is 1.77. The van der Waals surface area contributed by atoms with Crippen molar-refractivity contribution in [1.29, 1.82) is 0 Å². The van der Waals surface area contributed by atoms with E-state index in [4.69, 9.17) is 15.0 Å². The van der Waals surface area contributed by atoms with E-state index in [0.717, 1.165) is 0 Å². The monoisotopic (exact) mass is 152 g/mol. The lowest BCUT2D eigenvalue weighted by Crippen LogP contribution is -2.17. The molecule has 0 heterocycles. The van der Waals surface area contributed by atoms with E-state index in [1.54, 1.807) is 11.8 Å². The molecule has 0 radical (unpaired) electrons. The fraction of sp³-hybridized carbons (Fsp3) is 0.800. The molecule has 0 bridgehead atoms. The average molecular weight is 152 g/mol. The Hall–Kier alpha value is -0.380. The smallest absolute Gasteiger partial charge is 0.249 e. The van der Waals surface area contributed by atoms with Gasteiger partial charge < -0.3 is 15.0 Å². The summed E-state index contributed by atoms with van der Waals surface area (Å²) in [7, 11) is 0. The van der Waals surface area contributed by atoms with Crippen molar-refractivity contribution in [3.05, 3.63) is 0 Å². The van der Waals surface area contributed by atoms with Crippen LogP contribution in [0.2, 0.25) is 0 Å². The van der Waals surface area contributed by atoms with Crippen LogP contribution in [0.25, 0.3) is 0 Å². The third kappa shape index (κ3) is 91.7. The largest absolute Gasteiger partial charge is 0.565 e. The van der Waals surface area contributed by atoms with Crippen LogP contribution in [0.3, 0.4) is 0 Å². The Kier molecular flexibility index (Phi) is 13.4. The van der Waals surface area contributed by atoms with Gasteiger partial charge in [0.15, 0.2) is 0 Å². The van der Waals surface area contributed by atoms with Crippen LogP contribution < -0.4 is 5.11 Å². The molecule has 0 fully saturated rings. The van der Waals surface area contributed by atoms with Gasteiger partial charge in [-0.15, -0.1) is 0 Å². The molecule has 0 aromatic rings. The van der Waals surface area contributed by atoms with E-state index in [2.05, 4.69) is 13.8 Å². The predicted octanol–water partition coefficient (Wildman–Crippen LogP) is -0.271. The molecule has 56 valence electrons. The SMILES string of the molecule is CC[SH+]CC.O=C([O-])O. The summed E-state index contributed by atoms with van der Waals surface area (Å²) in [5.74, 6) is 2.63. The van der Waals surface area contributed by atoms with E-state index in [1.807, 2.05) is 0 Å². The van der Waals surface area contributed by atoms with E-state index in [-0.39, 0.29) is 0 Å². The normalized spacial score (nSPS) is 7.33. The number of hydrogen-bond donors (Lipinski definition) is 1. The molecular weight excluding hydrogens is 140 g/mol. The predicted molar refractivity (Wildman–Crippen MR) is 37.9 cm³/mol. The van der Waals surface area contributed by atoms with Gasteiger partial charge in [0.1, 0.15) is 11.5 Å². The van der Waals surface area contributed by atoms with Crippen LogP contribution >= 0.6 is 0 Å². The highest BCUT2D eigenvalue weighted by Crippen LogP contribution is 1.66. The van der Waals surface area contributed by atoms with Gasteiger partial charge in [-0.25, -0.2) is 0 Å². The van der Waals surface area contributed by atoms with E-state index < -0.39 is 6.16 Å². The summed E-state index contributed by atoms with van der Waals surface area (Å²) in [6.45, 7) is 4.40. The molecule has 9 heavy (non-hydrogen) atoms. The Morgan fingerprint density at radius 1 is 1.56 bits per heavy atom. The van der Waals surface area contributed by atoms with Gasteiger partial charge in [-0.3, -0.25) is 0 Å². The van der Waals surface area contributed by atoms with Crippen LogP contribution in [0, 0.1) is 0 Å². The molecule has 0 aromatic carbocycles. The summed E-state index contributed by atoms with van der Waals surface area (Å²) >= 11 is 1.58. The van der Waals surface area contributed by atoms with Crippen molar-refractivity contribution >= 4 is 17.9 Å². The van der Waals surface area contributed by atoms with Crippen molar-refractivity contribution in [3.8, 4) is 0 Å². The van der Waals surface area contributed by atoms with Crippen LogP contribution in [-0.2, 0) is 11.8 Å². The Bertz CT molecular complexity index is 59.2. The second kappa shape index (κ2) is 10.6. The second-order valence-corrected chi connectivity index (χ2v) is 2.83. The highest BCUT2D eigenvalue weighted by molar-refractivity contribution is 7.78. The van der Waals surface area contributed by atoms with Gasteiger partial charge in [0.05, 0.1) is 0 Å². The van der Waals surface area contributed by atoms with Gasteiger partial charge in [0.25, 0.3) is 0 Å². The minimum absolute atomic E-state index is 1.32. The second-order valence-electron chi connectivity index (χ2n) is 1.12. The lowest BCUT2D eigenvalue weighted by Gasteiger charge is -1.74. The molecule has 0 aliphatic carbocycles. The molecule has 0 rings (SSSR count). The summed E-state index contributed by atoms with van der Waals surface area (Å²) in [6.07, 6.45) is -2.08. The molecule has 0 amide bonds. The molecule has 4 heteroatoms. The van der Waals surface area contributed by atoms with E-state index in [0.29, 0.717) is 0 Å². The summed E-state index contributed by atoms with van der Waals surface area (Å²) < 4.78 is 0. The number of carboxylic acid groups (broad SMARTS) is 2. The first-order valence-electron chi connectivity index (χ1n) is 2.68. The Morgan fingerprint density at radius 3 is 1.78 bits per heavy atom. The van der Waals surface area contributed by atoms with Crippen LogP contribution in [0.4, 0.5) is 4.79 Å². The Labute approximate surface area is 59.1 Å². The summed E-state index contributed by atoms with van der Waals surface area (Å²) in [5.41, 5.74) is 0. The average Bonchev–Trinajstić information content (AvgIpc) is 1.66. The topological polar surface area (TPSA) is 60.4 Å². The first kappa shape index (κ1) is 11.4. The molecule has 0 atom stereocenters. The summed E-state index contributed by atoms with van der Waals surface area (Å²) in [5, 5.41) is 15.3. The van der Waals surface area contributed by atoms with Crippen LogP contribution in [0.15, 0.2) is 0 Å². The van der Waals surface area contributed by atoms with Gasteiger partial charge in [-0.2, -0.15) is 0 Å². The first-order valence-corrected chi connectivity index (χ1v) is 3.94. The van der Waals surface area contributed by atoms with Crippen molar-refractivity contribution in [2.45, 2.75) is 13.8 Å². The van der Waals surface area contributed by atoms with E-state index in [1.165, 1.54) is 11.5 Å². The first-order chi connectivity index (χ1) is 4.15. The van der Waals surface area contributed by atoms with Gasteiger partial charge in [-0.1, -0.05) is 0 Å². The number of rotatable bonds is 2. The van der Waals surface area contributed by atoms with E-state index >= 15 is 0 Å². The lowest BCUT2D eigenvalue weighted by molar-refractivity contribution is -0.275. The maximum Gasteiger partial charge on any atom is 0.249 e. The van der Waals surface area contributed by atoms with Crippen LogP contribution in [-0.4, -0.2) is 22.8 Å². The van der Waals surface area contributed by atoms with Gasteiger partial charge in [0, 0.05) is 0 Å². The molecule has 0 spiro atoms. The van der Waals surface area contributed by atoms with Gasteiger partial charge >= 0.3 is 0 Å². The Balaban J connectivity index is 0. The summed E-state index contributed by atoms with van der Waals surface area (Å²) in [6, 6.07) is 0. The lowest BCUT2D eigenvalue weighted by atomic mass is 11.0. The maximum atomic E-state index is 8.44. The van der Waals surface area contributed by atoms with Gasteiger partial charge in [0.2, 0.25) is 6.16 Å². The third-order valence-corrected chi connectivity index (χ3v) is 1.34. The zero-order valence-corrected chi connectivity index (χ0v) is 6.52. The third-order valence-electron chi connectivity index (χ3n) is 0.447. The van der Waals surface area contributed by atoms with Crippen molar-refractivity contribution in [1.82, 2.24) is 0 Å². The molecule has 0 aromatic heterocycles. The highest BCUT2D eigenvalue weighted by atomic mass is 32.2. The quantitative estimate of drug-likeness (QED) is 0.437. The van der Waals surface area contributed by atoms with Gasteiger partial charge in [-0.05, 0) is 25.6 Å². The number of hydrogen-bond acceptors (Lipinski definition) is 2. The Morgan fingerprint density at radius 2 is 1.78 bits per heavy atom. The van der Waals surface area contributed by atoms with E-state index in [9.17, 15) is 0 Å². The fourth-order valence-corrected chi connectivity index (χ4v) is 0.671. The maximum absolute atomic E-state index is 8.44. The zero-order chi connectivity index (χ0) is 7.70. The van der Waals surface area contributed by atoms with Crippen molar-refractivity contribution < 1.29 is 15.0 Å². The molecule has 0 unspecified atom stereocenters. The molecule has 0 aliphatic heterocycles. The molecule has 0 saturated carbocycles. The minimum atomic E-state index is -2.08. The van der Waals surface area contributed by atoms with Crippen LogP contribution in [0.5, 0.6) is 0 Å². The number of thiol groups is 1. The zero-order valence-electron chi connectivity index (χ0n) is 5.63. The standard InChI is InChI=1S/C4H10S.CH2O3/c1-3-5-4-2;2-1(3)4/h3-4H2,1-2H3;(H2,2,3,4). The van der Waals surface area contributed by atoms with Crippen molar-refractivity contribution in [3.63, 3.8) is 0 Å². The fourth-order valence-electron chi connectivity index (χ4n) is 0.224. The van der Waals surface area contributed by atoms with Crippen molar-refractivity contribution in [2.75, 3.05) is 11.5 Å². The summed E-state index contributed by atoms with van der Waals surface area (Å²) in [4.78, 5) is 8.44. The molecular formula is C5H12O3S. The van der Waals surface area contributed by atoms with Crippen molar-refractivity contribution in [2.24, 2.45) is 0 Å².